The number of carbonyl (C=O) groups is 3. The van der Waals surface area contributed by atoms with E-state index in [0.717, 1.165) is 51.1 Å². The number of nitrogens with zero attached hydrogens (tertiary/aromatic N) is 2. The Balaban J connectivity index is 1.39. The molecule has 0 spiro atoms. The number of amides is 4. The highest BCUT2D eigenvalue weighted by Gasteiger charge is 2.37. The van der Waals surface area contributed by atoms with Gasteiger partial charge in [0.15, 0.2) is 0 Å². The molecule has 1 aliphatic heterocycles. The number of urea groups is 1. The van der Waals surface area contributed by atoms with E-state index in [-0.39, 0.29) is 5.57 Å². The first kappa shape index (κ1) is 26.0. The molecule has 1 fully saturated rings. The monoisotopic (exact) mass is 521 g/mol. The maximum absolute atomic E-state index is 13.4. The minimum Gasteiger partial charge on any atom is -0.493 e. The van der Waals surface area contributed by atoms with Crippen LogP contribution in [-0.4, -0.2) is 29.0 Å². The van der Waals surface area contributed by atoms with Crippen molar-refractivity contribution < 1.29 is 19.1 Å². The number of barbiturate groups is 1. The number of anilines is 1. The molecule has 3 aromatic carbocycles. The van der Waals surface area contributed by atoms with Crippen LogP contribution in [0.2, 0.25) is 0 Å². The molecule has 39 heavy (non-hydrogen) atoms. The van der Waals surface area contributed by atoms with Crippen LogP contribution in [0.5, 0.6) is 5.75 Å². The highest BCUT2D eigenvalue weighted by atomic mass is 16.5. The number of nitrogens with one attached hydrogen (secondary N) is 1. The van der Waals surface area contributed by atoms with Gasteiger partial charge in [0.05, 0.1) is 12.3 Å². The number of hydrogen-bond donors (Lipinski definition) is 1. The number of para-hydroxylation sites is 1. The third-order valence-corrected chi connectivity index (χ3v) is 7.18. The third kappa shape index (κ3) is 5.21. The fraction of sp³-hybridized carbons (Fsp3) is 0.219. The van der Waals surface area contributed by atoms with Crippen molar-refractivity contribution in [2.24, 2.45) is 0 Å². The zero-order valence-corrected chi connectivity index (χ0v) is 22.4. The van der Waals surface area contributed by atoms with E-state index >= 15 is 0 Å². The lowest BCUT2D eigenvalue weighted by Gasteiger charge is -2.26. The lowest BCUT2D eigenvalue weighted by atomic mass is 10.1. The molecule has 0 aliphatic carbocycles. The van der Waals surface area contributed by atoms with E-state index in [2.05, 4.69) is 29.8 Å². The van der Waals surface area contributed by atoms with Crippen LogP contribution in [0.25, 0.3) is 17.0 Å². The molecule has 4 amide bonds. The fourth-order valence-corrected chi connectivity index (χ4v) is 4.80. The third-order valence-electron chi connectivity index (χ3n) is 7.18. The van der Waals surface area contributed by atoms with Gasteiger partial charge in [-0.1, -0.05) is 49.4 Å². The predicted molar refractivity (Wildman–Crippen MR) is 153 cm³/mol. The molecule has 4 aromatic rings. The molecule has 0 saturated carbocycles. The molecule has 2 heterocycles. The SMILES string of the molecule is CCc1ccc(N2C(=O)NC(=O)C(=Cc3cn(CCCOc4cccc(C)c4C)c4ccccc34)C2=O)cc1. The number of aryl methyl sites for hydroxylation is 3. The summed E-state index contributed by atoms with van der Waals surface area (Å²) in [6.45, 7) is 7.41. The summed E-state index contributed by atoms with van der Waals surface area (Å²) in [4.78, 5) is 39.8. The summed E-state index contributed by atoms with van der Waals surface area (Å²) < 4.78 is 8.13. The summed E-state index contributed by atoms with van der Waals surface area (Å²) in [6.07, 6.45) is 5.12. The molecule has 1 aromatic heterocycles. The first-order valence-corrected chi connectivity index (χ1v) is 13.1. The smallest absolute Gasteiger partial charge is 0.335 e. The zero-order valence-electron chi connectivity index (χ0n) is 22.4. The van der Waals surface area contributed by atoms with Crippen molar-refractivity contribution in [1.29, 1.82) is 0 Å². The first-order valence-electron chi connectivity index (χ1n) is 13.1. The molecule has 0 radical (unpaired) electrons. The number of carbonyl (C=O) groups excluding carboxylic acids is 3. The van der Waals surface area contributed by atoms with Gasteiger partial charge in [0, 0.05) is 29.2 Å². The molecule has 198 valence electrons. The van der Waals surface area contributed by atoms with Crippen molar-refractivity contribution in [3.8, 4) is 5.75 Å². The van der Waals surface area contributed by atoms with Gasteiger partial charge in [0.1, 0.15) is 11.3 Å². The largest absolute Gasteiger partial charge is 0.493 e. The number of fused-ring (bicyclic) bond motifs is 1. The lowest BCUT2D eigenvalue weighted by Crippen LogP contribution is -2.54. The number of hydrogen-bond acceptors (Lipinski definition) is 4. The van der Waals surface area contributed by atoms with Crippen LogP contribution in [0.3, 0.4) is 0 Å². The van der Waals surface area contributed by atoms with Crippen molar-refractivity contribution in [2.45, 2.75) is 40.2 Å². The number of imide groups is 2. The average Bonchev–Trinajstić information content (AvgIpc) is 3.29. The molecular formula is C32H31N3O4. The Labute approximate surface area is 227 Å². The summed E-state index contributed by atoms with van der Waals surface area (Å²) in [5, 5.41) is 3.23. The van der Waals surface area contributed by atoms with Gasteiger partial charge in [-0.25, -0.2) is 9.69 Å². The predicted octanol–water partition coefficient (Wildman–Crippen LogP) is 5.96. The molecule has 1 aliphatic rings. The summed E-state index contributed by atoms with van der Waals surface area (Å²) in [5.74, 6) is -0.458. The summed E-state index contributed by atoms with van der Waals surface area (Å²) >= 11 is 0. The first-order chi connectivity index (χ1) is 18.9. The van der Waals surface area contributed by atoms with E-state index in [1.54, 1.807) is 18.2 Å². The van der Waals surface area contributed by atoms with E-state index in [1.807, 2.05) is 61.7 Å². The highest BCUT2D eigenvalue weighted by Crippen LogP contribution is 2.27. The maximum Gasteiger partial charge on any atom is 0.335 e. The van der Waals surface area contributed by atoms with E-state index in [1.165, 1.54) is 5.56 Å². The van der Waals surface area contributed by atoms with Crippen molar-refractivity contribution in [1.82, 2.24) is 9.88 Å². The quantitative estimate of drug-likeness (QED) is 0.176. The van der Waals surface area contributed by atoms with E-state index in [9.17, 15) is 14.4 Å². The Morgan fingerprint density at radius 1 is 0.923 bits per heavy atom. The molecule has 0 atom stereocenters. The molecule has 7 heteroatoms. The Kier molecular flexibility index (Phi) is 7.32. The Morgan fingerprint density at radius 3 is 2.46 bits per heavy atom. The Morgan fingerprint density at radius 2 is 1.69 bits per heavy atom. The van der Waals surface area contributed by atoms with Gasteiger partial charge in [0.25, 0.3) is 11.8 Å². The average molecular weight is 522 g/mol. The molecule has 5 rings (SSSR count). The minimum atomic E-state index is -0.752. The second kappa shape index (κ2) is 11.0. The van der Waals surface area contributed by atoms with Crippen LogP contribution < -0.4 is 15.0 Å². The van der Waals surface area contributed by atoms with E-state index in [0.29, 0.717) is 18.8 Å². The van der Waals surface area contributed by atoms with Crippen molar-refractivity contribution >= 4 is 40.5 Å². The summed E-state index contributed by atoms with van der Waals surface area (Å²) in [7, 11) is 0. The van der Waals surface area contributed by atoms with Crippen LogP contribution >= 0.6 is 0 Å². The van der Waals surface area contributed by atoms with Gasteiger partial charge in [-0.15, -0.1) is 0 Å². The number of benzene rings is 3. The number of aromatic nitrogens is 1. The van der Waals surface area contributed by atoms with E-state index < -0.39 is 17.8 Å². The standard InChI is InChI=1S/C32H31N3O4/c1-4-23-13-15-25(16-14-23)35-31(37)27(30(36)33-32(35)38)19-24-20-34(28-11-6-5-10-26(24)28)17-8-18-39-29-12-7-9-21(2)22(29)3/h5-7,9-16,19-20H,4,8,17-18H2,1-3H3,(H,33,36,38). The molecule has 7 nitrogen and oxygen atoms in total. The molecular weight excluding hydrogens is 490 g/mol. The number of rotatable bonds is 8. The summed E-state index contributed by atoms with van der Waals surface area (Å²) in [6, 6.07) is 20.3. The van der Waals surface area contributed by atoms with Gasteiger partial charge in [-0.2, -0.15) is 0 Å². The van der Waals surface area contributed by atoms with Gasteiger partial charge in [-0.05, 0) is 73.7 Å². The van der Waals surface area contributed by atoms with Gasteiger partial charge < -0.3 is 9.30 Å². The normalized spacial score (nSPS) is 14.8. The topological polar surface area (TPSA) is 80.6 Å². The van der Waals surface area contributed by atoms with Gasteiger partial charge in [0.2, 0.25) is 0 Å². The second-order valence-corrected chi connectivity index (χ2v) is 9.67. The van der Waals surface area contributed by atoms with Crippen LogP contribution in [-0.2, 0) is 22.6 Å². The van der Waals surface area contributed by atoms with Crippen LogP contribution in [0, 0.1) is 13.8 Å². The van der Waals surface area contributed by atoms with Gasteiger partial charge >= 0.3 is 6.03 Å². The highest BCUT2D eigenvalue weighted by molar-refractivity contribution is 6.39. The summed E-state index contributed by atoms with van der Waals surface area (Å²) in [5.41, 5.74) is 5.47. The fourth-order valence-electron chi connectivity index (χ4n) is 4.80. The molecule has 1 saturated heterocycles. The maximum atomic E-state index is 13.4. The van der Waals surface area contributed by atoms with Gasteiger partial charge in [-0.3, -0.25) is 14.9 Å². The van der Waals surface area contributed by atoms with Crippen LogP contribution in [0.1, 0.15) is 35.6 Å². The molecule has 0 unspecified atom stereocenters. The van der Waals surface area contributed by atoms with Crippen LogP contribution in [0.4, 0.5) is 10.5 Å². The molecule has 1 N–H and O–H groups in total. The van der Waals surface area contributed by atoms with Crippen LogP contribution in [0.15, 0.2) is 78.5 Å². The second-order valence-electron chi connectivity index (χ2n) is 9.67. The van der Waals surface area contributed by atoms with Crippen molar-refractivity contribution in [2.75, 3.05) is 11.5 Å². The number of ether oxygens (including phenoxy) is 1. The minimum absolute atomic E-state index is 0.0877. The lowest BCUT2D eigenvalue weighted by molar-refractivity contribution is -0.122. The Bertz CT molecular complexity index is 1600. The van der Waals surface area contributed by atoms with Crippen molar-refractivity contribution in [3.05, 3.63) is 101 Å². The zero-order chi connectivity index (χ0) is 27.5. The Hall–Kier alpha value is -4.65. The van der Waals surface area contributed by atoms with E-state index in [4.69, 9.17) is 4.74 Å². The molecule has 0 bridgehead atoms. The van der Waals surface area contributed by atoms with Crippen molar-refractivity contribution in [3.63, 3.8) is 0 Å².